The Bertz CT molecular complexity index is 331. The number of hydrogen-bond donors (Lipinski definition) is 1. The number of nitrogens with one attached hydrogen (secondary N) is 1. The van der Waals surface area contributed by atoms with Gasteiger partial charge in [-0.2, -0.15) is 0 Å². The van der Waals surface area contributed by atoms with Crippen LogP contribution in [-0.4, -0.2) is 26.2 Å². The highest BCUT2D eigenvalue weighted by Crippen LogP contribution is 2.37. The molecule has 1 spiro atoms. The first-order chi connectivity index (χ1) is 7.88. The van der Waals surface area contributed by atoms with E-state index in [1.165, 1.54) is 51.1 Å². The molecule has 0 bridgehead atoms. The van der Waals surface area contributed by atoms with E-state index < -0.39 is 0 Å². The average Bonchev–Trinajstić information content (AvgIpc) is 2.80. The van der Waals surface area contributed by atoms with Crippen LogP contribution in [0.4, 0.5) is 5.69 Å². The zero-order valence-corrected chi connectivity index (χ0v) is 9.78. The molecule has 2 heterocycles. The summed E-state index contributed by atoms with van der Waals surface area (Å²) in [5.41, 5.74) is 2.02. The normalized spacial score (nSPS) is 23.9. The van der Waals surface area contributed by atoms with Gasteiger partial charge in [0.2, 0.25) is 0 Å². The van der Waals surface area contributed by atoms with E-state index in [-0.39, 0.29) is 0 Å². The van der Waals surface area contributed by atoms with Crippen molar-refractivity contribution in [1.29, 1.82) is 0 Å². The molecule has 0 atom stereocenters. The first kappa shape index (κ1) is 10.2. The molecule has 2 nitrogen and oxygen atoms in total. The molecule has 2 heteroatoms. The summed E-state index contributed by atoms with van der Waals surface area (Å²) < 4.78 is 0. The molecule has 2 saturated heterocycles. The molecule has 16 heavy (non-hydrogen) atoms. The van der Waals surface area contributed by atoms with Crippen LogP contribution in [0.15, 0.2) is 30.3 Å². The Balaban J connectivity index is 1.66. The second kappa shape index (κ2) is 4.10. The van der Waals surface area contributed by atoms with Gasteiger partial charge in [-0.1, -0.05) is 18.2 Å². The van der Waals surface area contributed by atoms with Gasteiger partial charge in [0.05, 0.1) is 0 Å². The molecule has 1 aromatic carbocycles. The fraction of sp³-hybridized carbons (Fsp3) is 0.571. The van der Waals surface area contributed by atoms with Gasteiger partial charge in [-0.25, -0.2) is 0 Å². The molecule has 0 aliphatic carbocycles. The monoisotopic (exact) mass is 216 g/mol. The molecule has 3 rings (SSSR count). The van der Waals surface area contributed by atoms with Crippen molar-refractivity contribution in [1.82, 2.24) is 5.32 Å². The van der Waals surface area contributed by atoms with E-state index in [0.29, 0.717) is 5.41 Å². The summed E-state index contributed by atoms with van der Waals surface area (Å²) in [6.45, 7) is 4.93. The minimum Gasteiger partial charge on any atom is -0.371 e. The maximum atomic E-state index is 3.52. The Labute approximate surface area is 97.6 Å². The van der Waals surface area contributed by atoms with Crippen molar-refractivity contribution < 1.29 is 0 Å². The summed E-state index contributed by atoms with van der Waals surface area (Å²) in [6, 6.07) is 10.8. The largest absolute Gasteiger partial charge is 0.371 e. The van der Waals surface area contributed by atoms with Crippen molar-refractivity contribution in [2.24, 2.45) is 5.41 Å². The quantitative estimate of drug-likeness (QED) is 0.774. The first-order valence-electron chi connectivity index (χ1n) is 6.39. The number of nitrogens with zero attached hydrogens (tertiary/aromatic N) is 1. The van der Waals surface area contributed by atoms with Crippen LogP contribution in [-0.2, 0) is 0 Å². The summed E-state index contributed by atoms with van der Waals surface area (Å²) in [7, 11) is 0. The van der Waals surface area contributed by atoms with Crippen molar-refractivity contribution >= 4 is 5.69 Å². The second-order valence-electron chi connectivity index (χ2n) is 5.25. The molecule has 0 unspecified atom stereocenters. The van der Waals surface area contributed by atoms with E-state index in [1.54, 1.807) is 0 Å². The van der Waals surface area contributed by atoms with Crippen LogP contribution >= 0.6 is 0 Å². The number of hydrogen-bond acceptors (Lipinski definition) is 2. The molecule has 2 aliphatic heterocycles. The molecule has 0 radical (unpaired) electrons. The van der Waals surface area contributed by atoms with Crippen LogP contribution in [0.25, 0.3) is 0 Å². The van der Waals surface area contributed by atoms with Crippen LogP contribution in [0.3, 0.4) is 0 Å². The molecule has 86 valence electrons. The van der Waals surface area contributed by atoms with Crippen LogP contribution in [0.5, 0.6) is 0 Å². The minimum atomic E-state index is 0.630. The van der Waals surface area contributed by atoms with Crippen LogP contribution in [0.1, 0.15) is 19.3 Å². The molecular weight excluding hydrogens is 196 g/mol. The van der Waals surface area contributed by atoms with Crippen molar-refractivity contribution in [3.05, 3.63) is 30.3 Å². The van der Waals surface area contributed by atoms with E-state index in [4.69, 9.17) is 0 Å². The van der Waals surface area contributed by atoms with Crippen molar-refractivity contribution in [2.45, 2.75) is 19.3 Å². The van der Waals surface area contributed by atoms with Gasteiger partial charge in [0, 0.05) is 25.3 Å². The van der Waals surface area contributed by atoms with Crippen LogP contribution in [0, 0.1) is 5.41 Å². The predicted octanol–water partition coefficient (Wildman–Crippen LogP) is 2.27. The van der Waals surface area contributed by atoms with E-state index in [9.17, 15) is 0 Å². The van der Waals surface area contributed by atoms with Crippen molar-refractivity contribution in [2.75, 3.05) is 31.1 Å². The summed E-state index contributed by atoms with van der Waals surface area (Å²) in [6.07, 6.45) is 4.10. The number of piperidine rings is 1. The van der Waals surface area contributed by atoms with E-state index in [0.717, 1.165) is 0 Å². The highest BCUT2D eigenvalue weighted by molar-refractivity contribution is 5.46. The van der Waals surface area contributed by atoms with Gasteiger partial charge in [0.15, 0.2) is 0 Å². The molecule has 1 aromatic rings. The molecule has 0 aromatic heterocycles. The van der Waals surface area contributed by atoms with Gasteiger partial charge in [-0.05, 0) is 43.4 Å². The molecular formula is C14H20N2. The third-order valence-electron chi connectivity index (χ3n) is 4.28. The lowest BCUT2D eigenvalue weighted by Crippen LogP contribution is -2.41. The summed E-state index contributed by atoms with van der Waals surface area (Å²) >= 11 is 0. The number of anilines is 1. The maximum absolute atomic E-state index is 3.52. The second-order valence-corrected chi connectivity index (χ2v) is 5.25. The molecule has 0 saturated carbocycles. The Morgan fingerprint density at radius 3 is 2.38 bits per heavy atom. The SMILES string of the molecule is c1ccc(N2CCC3(CCNC3)CC2)cc1. The predicted molar refractivity (Wildman–Crippen MR) is 67.8 cm³/mol. The Morgan fingerprint density at radius 2 is 1.75 bits per heavy atom. The summed E-state index contributed by atoms with van der Waals surface area (Å²) in [5.74, 6) is 0. The fourth-order valence-corrected chi connectivity index (χ4v) is 3.10. The fourth-order valence-electron chi connectivity index (χ4n) is 3.10. The zero-order valence-electron chi connectivity index (χ0n) is 9.78. The van der Waals surface area contributed by atoms with Gasteiger partial charge >= 0.3 is 0 Å². The minimum absolute atomic E-state index is 0.630. The lowest BCUT2D eigenvalue weighted by atomic mass is 9.78. The Kier molecular flexibility index (Phi) is 2.60. The van der Waals surface area contributed by atoms with Crippen LogP contribution < -0.4 is 10.2 Å². The van der Waals surface area contributed by atoms with Gasteiger partial charge in [-0.15, -0.1) is 0 Å². The highest BCUT2D eigenvalue weighted by Gasteiger charge is 2.36. The molecule has 1 N–H and O–H groups in total. The van der Waals surface area contributed by atoms with Gasteiger partial charge in [-0.3, -0.25) is 0 Å². The van der Waals surface area contributed by atoms with Gasteiger partial charge < -0.3 is 10.2 Å². The zero-order chi connectivity index (χ0) is 10.8. The summed E-state index contributed by atoms with van der Waals surface area (Å²) in [5, 5.41) is 3.52. The van der Waals surface area contributed by atoms with E-state index in [2.05, 4.69) is 40.5 Å². The number of benzene rings is 1. The number of rotatable bonds is 1. The Morgan fingerprint density at radius 1 is 1.00 bits per heavy atom. The third kappa shape index (κ3) is 1.82. The van der Waals surface area contributed by atoms with Gasteiger partial charge in [0.1, 0.15) is 0 Å². The molecule has 2 aliphatic rings. The number of para-hydroxylation sites is 1. The smallest absolute Gasteiger partial charge is 0.0366 e. The standard InChI is InChI=1S/C14H20N2/c1-2-4-13(5-3-1)16-10-7-14(8-11-16)6-9-15-12-14/h1-5,15H,6-12H2. The average molecular weight is 216 g/mol. The maximum Gasteiger partial charge on any atom is 0.0366 e. The lowest BCUT2D eigenvalue weighted by Gasteiger charge is -2.40. The molecule has 0 amide bonds. The third-order valence-corrected chi connectivity index (χ3v) is 4.28. The van der Waals surface area contributed by atoms with E-state index >= 15 is 0 Å². The highest BCUT2D eigenvalue weighted by atomic mass is 15.1. The Hall–Kier alpha value is -1.02. The van der Waals surface area contributed by atoms with E-state index in [1.807, 2.05) is 0 Å². The van der Waals surface area contributed by atoms with Crippen molar-refractivity contribution in [3.8, 4) is 0 Å². The first-order valence-corrected chi connectivity index (χ1v) is 6.39. The summed E-state index contributed by atoms with van der Waals surface area (Å²) in [4.78, 5) is 2.53. The topological polar surface area (TPSA) is 15.3 Å². The molecule has 2 fully saturated rings. The van der Waals surface area contributed by atoms with Gasteiger partial charge in [0.25, 0.3) is 0 Å². The lowest BCUT2D eigenvalue weighted by molar-refractivity contribution is 0.247. The van der Waals surface area contributed by atoms with Crippen molar-refractivity contribution in [3.63, 3.8) is 0 Å². The van der Waals surface area contributed by atoms with Crippen LogP contribution in [0.2, 0.25) is 0 Å².